The molecular formula is C22H22FN3O3. The zero-order valence-corrected chi connectivity index (χ0v) is 15.9. The molecule has 2 saturated heterocycles. The van der Waals surface area contributed by atoms with Crippen LogP contribution in [0.5, 0.6) is 0 Å². The zero-order chi connectivity index (χ0) is 20.4. The minimum atomic E-state index is -0.357. The molecule has 29 heavy (non-hydrogen) atoms. The van der Waals surface area contributed by atoms with Gasteiger partial charge in [-0.15, -0.1) is 0 Å². The quantitative estimate of drug-likeness (QED) is 0.843. The Morgan fingerprint density at radius 2 is 1.86 bits per heavy atom. The number of hydrogen-bond donors (Lipinski definition) is 1. The van der Waals surface area contributed by atoms with E-state index in [1.54, 1.807) is 52.3 Å². The van der Waals surface area contributed by atoms with Crippen LogP contribution >= 0.6 is 0 Å². The molecule has 2 heterocycles. The van der Waals surface area contributed by atoms with Crippen LogP contribution in [0.4, 0.5) is 4.39 Å². The maximum atomic E-state index is 13.6. The second kappa shape index (κ2) is 8.03. The Bertz CT molecular complexity index is 945. The first-order chi connectivity index (χ1) is 14.0. The molecule has 0 bridgehead atoms. The summed E-state index contributed by atoms with van der Waals surface area (Å²) >= 11 is 0. The second-order valence-electron chi connectivity index (χ2n) is 7.41. The van der Waals surface area contributed by atoms with Crippen LogP contribution in [0.1, 0.15) is 34.3 Å². The summed E-state index contributed by atoms with van der Waals surface area (Å²) in [5, 5.41) is 2.70. The molecule has 7 heteroatoms. The van der Waals surface area contributed by atoms with Gasteiger partial charge in [-0.3, -0.25) is 14.4 Å². The fourth-order valence-electron chi connectivity index (χ4n) is 3.90. The van der Waals surface area contributed by atoms with E-state index in [4.69, 9.17) is 0 Å². The molecule has 2 fully saturated rings. The first-order valence-corrected chi connectivity index (χ1v) is 9.72. The predicted octanol–water partition coefficient (Wildman–Crippen LogP) is 2.09. The van der Waals surface area contributed by atoms with E-state index >= 15 is 0 Å². The molecule has 0 aliphatic carbocycles. The molecular weight excluding hydrogens is 373 g/mol. The minimum absolute atomic E-state index is 0.00348. The molecule has 2 aliphatic rings. The van der Waals surface area contributed by atoms with Crippen LogP contribution in [0.15, 0.2) is 48.5 Å². The first-order valence-electron chi connectivity index (χ1n) is 9.72. The Kier molecular flexibility index (Phi) is 5.29. The summed E-state index contributed by atoms with van der Waals surface area (Å²) in [5.74, 6) is -0.666. The molecule has 6 nitrogen and oxygen atoms in total. The Labute approximate surface area is 168 Å². The third kappa shape index (κ3) is 3.99. The van der Waals surface area contributed by atoms with Crippen LogP contribution in [-0.4, -0.2) is 46.7 Å². The molecule has 1 atom stereocenters. The van der Waals surface area contributed by atoms with Crippen molar-refractivity contribution >= 4 is 17.7 Å². The van der Waals surface area contributed by atoms with Crippen molar-refractivity contribution in [2.75, 3.05) is 13.1 Å². The van der Waals surface area contributed by atoms with Gasteiger partial charge in [0.1, 0.15) is 18.4 Å². The van der Waals surface area contributed by atoms with Gasteiger partial charge in [0.2, 0.25) is 11.8 Å². The molecule has 0 saturated carbocycles. The fourth-order valence-corrected chi connectivity index (χ4v) is 3.90. The summed E-state index contributed by atoms with van der Waals surface area (Å²) in [6.45, 7) is 1.21. The smallest absolute Gasteiger partial charge is 0.251 e. The molecule has 150 valence electrons. The average Bonchev–Trinajstić information content (AvgIpc) is 3.22. The van der Waals surface area contributed by atoms with Gasteiger partial charge in [-0.2, -0.15) is 0 Å². The maximum Gasteiger partial charge on any atom is 0.251 e. The maximum absolute atomic E-state index is 13.6. The average molecular weight is 395 g/mol. The van der Waals surface area contributed by atoms with Crippen LogP contribution in [0, 0.1) is 5.82 Å². The van der Waals surface area contributed by atoms with Crippen molar-refractivity contribution in [1.82, 2.24) is 15.1 Å². The number of carbonyl (C=O) groups is 3. The molecule has 2 aliphatic heterocycles. The van der Waals surface area contributed by atoms with E-state index in [1.165, 1.54) is 6.07 Å². The summed E-state index contributed by atoms with van der Waals surface area (Å²) in [6, 6.07) is 12.9. The highest BCUT2D eigenvalue weighted by molar-refractivity contribution is 5.95. The molecule has 0 spiro atoms. The third-order valence-electron chi connectivity index (χ3n) is 5.48. The highest BCUT2D eigenvalue weighted by Crippen LogP contribution is 2.24. The van der Waals surface area contributed by atoms with Gasteiger partial charge in [-0.25, -0.2) is 4.39 Å². The van der Waals surface area contributed by atoms with Gasteiger partial charge < -0.3 is 15.1 Å². The molecule has 2 aromatic carbocycles. The van der Waals surface area contributed by atoms with Gasteiger partial charge in [-0.05, 0) is 36.6 Å². The van der Waals surface area contributed by atoms with Crippen LogP contribution in [0.25, 0.3) is 0 Å². The molecule has 0 radical (unpaired) electrons. The third-order valence-corrected chi connectivity index (χ3v) is 5.48. The van der Waals surface area contributed by atoms with Crippen LogP contribution in [-0.2, 0) is 22.7 Å². The molecule has 3 amide bonds. The van der Waals surface area contributed by atoms with Gasteiger partial charge in [0.25, 0.3) is 5.91 Å². The van der Waals surface area contributed by atoms with Gasteiger partial charge in [-0.1, -0.05) is 30.3 Å². The van der Waals surface area contributed by atoms with E-state index in [9.17, 15) is 18.8 Å². The Balaban J connectivity index is 1.36. The number of nitrogens with zero attached hydrogens (tertiary/aromatic N) is 2. The van der Waals surface area contributed by atoms with E-state index in [2.05, 4.69) is 5.32 Å². The SMILES string of the molecule is O=C(NCc1ccccc1F)c1ccc(CN2CC(=O)N3CCCC3C2=O)cc1. The van der Waals surface area contributed by atoms with Crippen LogP contribution in [0.2, 0.25) is 0 Å². The largest absolute Gasteiger partial charge is 0.348 e. The number of fused-ring (bicyclic) bond motifs is 1. The van der Waals surface area contributed by atoms with Crippen molar-refractivity contribution in [2.45, 2.75) is 32.0 Å². The molecule has 4 rings (SSSR count). The van der Waals surface area contributed by atoms with E-state index in [-0.39, 0.29) is 42.7 Å². The van der Waals surface area contributed by atoms with Crippen molar-refractivity contribution in [3.8, 4) is 0 Å². The van der Waals surface area contributed by atoms with E-state index < -0.39 is 0 Å². The standard InChI is InChI=1S/C22H22FN3O3/c23-18-5-2-1-4-17(18)12-24-21(28)16-9-7-15(8-10-16)13-25-14-20(27)26-11-3-6-19(26)22(25)29/h1-2,4-5,7-10,19H,3,6,11-14H2,(H,24,28). The van der Waals surface area contributed by atoms with Crippen molar-refractivity contribution < 1.29 is 18.8 Å². The fraction of sp³-hybridized carbons (Fsp3) is 0.318. The van der Waals surface area contributed by atoms with E-state index in [0.717, 1.165) is 18.4 Å². The molecule has 0 aromatic heterocycles. The first kappa shape index (κ1) is 19.1. The number of piperazine rings is 1. The summed E-state index contributed by atoms with van der Waals surface area (Å²) in [7, 11) is 0. The predicted molar refractivity (Wildman–Crippen MR) is 104 cm³/mol. The highest BCUT2D eigenvalue weighted by Gasteiger charge is 2.41. The van der Waals surface area contributed by atoms with Gasteiger partial charge in [0, 0.05) is 30.8 Å². The van der Waals surface area contributed by atoms with Gasteiger partial charge >= 0.3 is 0 Å². The number of rotatable bonds is 5. The number of halogens is 1. The lowest BCUT2D eigenvalue weighted by molar-refractivity contribution is -0.154. The minimum Gasteiger partial charge on any atom is -0.348 e. The summed E-state index contributed by atoms with van der Waals surface area (Å²) in [6.07, 6.45) is 1.59. The Hall–Kier alpha value is -3.22. The Morgan fingerprint density at radius 1 is 1.10 bits per heavy atom. The monoisotopic (exact) mass is 395 g/mol. The lowest BCUT2D eigenvalue weighted by atomic mass is 10.1. The number of carbonyl (C=O) groups excluding carboxylic acids is 3. The summed E-state index contributed by atoms with van der Waals surface area (Å²) in [5.41, 5.74) is 1.73. The normalized spacial score (nSPS) is 18.7. The van der Waals surface area contributed by atoms with Gasteiger partial charge in [0.15, 0.2) is 0 Å². The summed E-state index contributed by atoms with van der Waals surface area (Å²) in [4.78, 5) is 40.4. The van der Waals surface area contributed by atoms with Crippen molar-refractivity contribution in [3.05, 3.63) is 71.0 Å². The topological polar surface area (TPSA) is 69.7 Å². The summed E-state index contributed by atoms with van der Waals surface area (Å²) < 4.78 is 13.6. The number of amides is 3. The number of nitrogens with one attached hydrogen (secondary N) is 1. The Morgan fingerprint density at radius 3 is 2.62 bits per heavy atom. The zero-order valence-electron chi connectivity index (χ0n) is 15.9. The second-order valence-corrected chi connectivity index (χ2v) is 7.41. The van der Waals surface area contributed by atoms with Crippen LogP contribution in [0.3, 0.4) is 0 Å². The lowest BCUT2D eigenvalue weighted by Crippen LogP contribution is -2.56. The van der Waals surface area contributed by atoms with E-state index in [0.29, 0.717) is 24.2 Å². The molecule has 1 unspecified atom stereocenters. The van der Waals surface area contributed by atoms with Crippen molar-refractivity contribution in [1.29, 1.82) is 0 Å². The van der Waals surface area contributed by atoms with Gasteiger partial charge in [0.05, 0.1) is 0 Å². The lowest BCUT2D eigenvalue weighted by Gasteiger charge is -2.36. The van der Waals surface area contributed by atoms with E-state index in [1.807, 2.05) is 0 Å². The number of hydrogen-bond acceptors (Lipinski definition) is 3. The molecule has 1 N–H and O–H groups in total. The van der Waals surface area contributed by atoms with Crippen molar-refractivity contribution in [2.24, 2.45) is 0 Å². The van der Waals surface area contributed by atoms with Crippen LogP contribution < -0.4 is 5.32 Å². The molecule has 2 aromatic rings. The number of benzene rings is 2. The van der Waals surface area contributed by atoms with Crippen molar-refractivity contribution in [3.63, 3.8) is 0 Å². The highest BCUT2D eigenvalue weighted by atomic mass is 19.1.